The Morgan fingerprint density at radius 1 is 1.36 bits per heavy atom. The molecule has 0 aromatic carbocycles. The van der Waals surface area contributed by atoms with Crippen LogP contribution in [0.2, 0.25) is 0 Å². The standard InChI is InChI=1S/C15H23N3O4/c1-9(21-5)12-16-11-8-18(14(20)22-15(2,3)4)7-6-10(11)13(19)17-12/h9H,6-8H2,1-5H3,(H,16,17,19). The first-order valence-electron chi connectivity index (χ1n) is 7.30. The van der Waals surface area contributed by atoms with Crippen LogP contribution in [0.25, 0.3) is 0 Å². The average molecular weight is 309 g/mol. The van der Waals surface area contributed by atoms with E-state index in [2.05, 4.69) is 9.97 Å². The maximum absolute atomic E-state index is 12.2. The zero-order valence-electron chi connectivity index (χ0n) is 13.7. The molecule has 1 aliphatic heterocycles. The van der Waals surface area contributed by atoms with E-state index in [0.717, 1.165) is 0 Å². The molecule has 2 rings (SSSR count). The monoisotopic (exact) mass is 309 g/mol. The lowest BCUT2D eigenvalue weighted by molar-refractivity contribution is 0.0218. The molecule has 7 nitrogen and oxygen atoms in total. The van der Waals surface area contributed by atoms with Crippen LogP contribution in [-0.4, -0.2) is 45.3 Å². The van der Waals surface area contributed by atoms with E-state index in [9.17, 15) is 9.90 Å². The summed E-state index contributed by atoms with van der Waals surface area (Å²) in [6.45, 7) is 8.05. The van der Waals surface area contributed by atoms with Gasteiger partial charge in [-0.25, -0.2) is 9.78 Å². The Bertz CT molecular complexity index is 569. The third-order valence-corrected chi connectivity index (χ3v) is 3.43. The molecule has 1 N–H and O–H groups in total. The van der Waals surface area contributed by atoms with E-state index in [1.165, 1.54) is 0 Å². The molecule has 0 fully saturated rings. The van der Waals surface area contributed by atoms with Crippen LogP contribution in [0.5, 0.6) is 5.88 Å². The summed E-state index contributed by atoms with van der Waals surface area (Å²) in [6, 6.07) is 0. The first kappa shape index (κ1) is 16.5. The highest BCUT2D eigenvalue weighted by atomic mass is 16.6. The molecule has 2 heterocycles. The van der Waals surface area contributed by atoms with Gasteiger partial charge in [-0.3, -0.25) is 0 Å². The number of carbonyl (C=O) groups excluding carboxylic acids is 1. The fourth-order valence-electron chi connectivity index (χ4n) is 2.20. The van der Waals surface area contributed by atoms with Crippen LogP contribution in [0.4, 0.5) is 4.79 Å². The molecule has 122 valence electrons. The van der Waals surface area contributed by atoms with Crippen molar-refractivity contribution in [1.82, 2.24) is 14.9 Å². The van der Waals surface area contributed by atoms with Gasteiger partial charge in [-0.15, -0.1) is 0 Å². The molecule has 0 saturated heterocycles. The van der Waals surface area contributed by atoms with Gasteiger partial charge in [-0.2, -0.15) is 4.98 Å². The Morgan fingerprint density at radius 2 is 2.05 bits per heavy atom. The predicted molar refractivity (Wildman–Crippen MR) is 79.5 cm³/mol. The maximum atomic E-state index is 12.2. The van der Waals surface area contributed by atoms with Gasteiger partial charge < -0.3 is 19.5 Å². The summed E-state index contributed by atoms with van der Waals surface area (Å²) in [4.78, 5) is 22.2. The molecule has 1 amide bonds. The molecular formula is C15H23N3O4. The summed E-state index contributed by atoms with van der Waals surface area (Å²) >= 11 is 0. The van der Waals surface area contributed by atoms with Gasteiger partial charge in [0.05, 0.1) is 12.2 Å². The highest BCUT2D eigenvalue weighted by Gasteiger charge is 2.29. The third kappa shape index (κ3) is 3.65. The topological polar surface area (TPSA) is 84.8 Å². The van der Waals surface area contributed by atoms with E-state index in [1.807, 2.05) is 20.8 Å². The highest BCUT2D eigenvalue weighted by molar-refractivity contribution is 5.68. The Morgan fingerprint density at radius 3 is 2.64 bits per heavy atom. The van der Waals surface area contributed by atoms with Crippen molar-refractivity contribution in [2.45, 2.75) is 52.4 Å². The predicted octanol–water partition coefficient (Wildman–Crippen LogP) is 2.18. The van der Waals surface area contributed by atoms with Gasteiger partial charge in [-0.05, 0) is 34.1 Å². The fraction of sp³-hybridized carbons (Fsp3) is 0.667. The summed E-state index contributed by atoms with van der Waals surface area (Å²) in [5, 5.41) is 10.1. The number of aromatic nitrogens is 2. The van der Waals surface area contributed by atoms with Gasteiger partial charge in [0.1, 0.15) is 11.7 Å². The Balaban J connectivity index is 2.22. The van der Waals surface area contributed by atoms with Crippen molar-refractivity contribution < 1.29 is 19.4 Å². The largest absolute Gasteiger partial charge is 0.493 e. The lowest BCUT2D eigenvalue weighted by atomic mass is 10.1. The molecule has 22 heavy (non-hydrogen) atoms. The number of rotatable bonds is 2. The summed E-state index contributed by atoms with van der Waals surface area (Å²) in [6.07, 6.45) is -0.201. The molecule has 1 atom stereocenters. The number of hydrogen-bond acceptors (Lipinski definition) is 6. The lowest BCUT2D eigenvalue weighted by Gasteiger charge is -2.31. The first-order valence-corrected chi connectivity index (χ1v) is 7.30. The number of methoxy groups -OCH3 is 1. The molecule has 0 radical (unpaired) electrons. The van der Waals surface area contributed by atoms with Gasteiger partial charge in [0, 0.05) is 19.2 Å². The number of fused-ring (bicyclic) bond motifs is 1. The van der Waals surface area contributed by atoms with Crippen molar-refractivity contribution in [3.05, 3.63) is 17.1 Å². The average Bonchev–Trinajstić information content (AvgIpc) is 2.43. The van der Waals surface area contributed by atoms with Gasteiger partial charge >= 0.3 is 6.09 Å². The van der Waals surface area contributed by atoms with E-state index in [4.69, 9.17) is 9.47 Å². The van der Waals surface area contributed by atoms with Crippen LogP contribution in [-0.2, 0) is 22.4 Å². The van der Waals surface area contributed by atoms with Crippen LogP contribution in [0.3, 0.4) is 0 Å². The fourth-order valence-corrected chi connectivity index (χ4v) is 2.20. The van der Waals surface area contributed by atoms with Crippen molar-refractivity contribution >= 4 is 6.09 Å². The van der Waals surface area contributed by atoms with Crippen LogP contribution in [0.1, 0.15) is 50.9 Å². The zero-order chi connectivity index (χ0) is 16.5. The molecule has 1 unspecified atom stereocenters. The quantitative estimate of drug-likeness (QED) is 0.901. The lowest BCUT2D eigenvalue weighted by Crippen LogP contribution is -2.40. The van der Waals surface area contributed by atoms with Crippen molar-refractivity contribution in [1.29, 1.82) is 0 Å². The van der Waals surface area contributed by atoms with Gasteiger partial charge in [0.2, 0.25) is 5.88 Å². The summed E-state index contributed by atoms with van der Waals surface area (Å²) in [5.41, 5.74) is 0.788. The molecule has 7 heteroatoms. The van der Waals surface area contributed by atoms with Crippen molar-refractivity contribution in [2.75, 3.05) is 13.7 Å². The number of carbonyl (C=O) groups is 1. The normalized spacial score (nSPS) is 16.1. The zero-order valence-corrected chi connectivity index (χ0v) is 13.7. The van der Waals surface area contributed by atoms with Crippen LogP contribution >= 0.6 is 0 Å². The van der Waals surface area contributed by atoms with Crippen molar-refractivity contribution in [2.24, 2.45) is 0 Å². The molecule has 1 aliphatic rings. The molecule has 0 bridgehead atoms. The van der Waals surface area contributed by atoms with Gasteiger partial charge in [-0.1, -0.05) is 0 Å². The second-order valence-electron chi connectivity index (χ2n) is 6.36. The smallest absolute Gasteiger partial charge is 0.410 e. The van der Waals surface area contributed by atoms with Crippen LogP contribution in [0.15, 0.2) is 0 Å². The third-order valence-electron chi connectivity index (χ3n) is 3.43. The second-order valence-corrected chi connectivity index (χ2v) is 6.36. The first-order chi connectivity index (χ1) is 10.2. The van der Waals surface area contributed by atoms with E-state index < -0.39 is 5.60 Å². The number of aromatic hydroxyl groups is 1. The van der Waals surface area contributed by atoms with Gasteiger partial charge in [0.25, 0.3) is 0 Å². The molecule has 0 saturated carbocycles. The molecular weight excluding hydrogens is 286 g/mol. The van der Waals surface area contributed by atoms with Crippen molar-refractivity contribution in [3.63, 3.8) is 0 Å². The van der Waals surface area contributed by atoms with Gasteiger partial charge in [0.15, 0.2) is 5.82 Å². The van der Waals surface area contributed by atoms with Crippen LogP contribution < -0.4 is 0 Å². The second kappa shape index (κ2) is 6.08. The minimum atomic E-state index is -0.541. The molecule has 1 aromatic heterocycles. The number of amides is 1. The SMILES string of the molecule is COC(C)c1nc(O)c2c(n1)CN(C(=O)OC(C)(C)C)CC2. The summed E-state index contributed by atoms with van der Waals surface area (Å²) in [7, 11) is 1.55. The molecule has 0 spiro atoms. The molecule has 1 aromatic rings. The summed E-state index contributed by atoms with van der Waals surface area (Å²) in [5.74, 6) is 0.373. The van der Waals surface area contributed by atoms with Crippen molar-refractivity contribution in [3.8, 4) is 5.88 Å². The van der Waals surface area contributed by atoms with E-state index in [1.54, 1.807) is 18.9 Å². The number of nitrogens with zero attached hydrogens (tertiary/aromatic N) is 3. The molecule has 0 aliphatic carbocycles. The van der Waals surface area contributed by atoms with Crippen LogP contribution in [0, 0.1) is 0 Å². The number of hydrogen-bond donors (Lipinski definition) is 1. The number of ether oxygens (including phenoxy) is 2. The Labute approximate surface area is 130 Å². The van der Waals surface area contributed by atoms with E-state index in [-0.39, 0.29) is 18.1 Å². The minimum absolute atomic E-state index is 0.0345. The maximum Gasteiger partial charge on any atom is 0.410 e. The minimum Gasteiger partial charge on any atom is -0.493 e. The Kier molecular flexibility index (Phi) is 4.55. The Hall–Kier alpha value is -1.89. The highest BCUT2D eigenvalue weighted by Crippen LogP contribution is 2.27. The van der Waals surface area contributed by atoms with E-state index in [0.29, 0.717) is 36.6 Å². The van der Waals surface area contributed by atoms with E-state index >= 15 is 0 Å². The summed E-state index contributed by atoms with van der Waals surface area (Å²) < 4.78 is 10.6.